The molecule has 16 heteroatoms. The zero-order chi connectivity index (χ0) is 29.8. The van der Waals surface area contributed by atoms with E-state index in [1.165, 1.54) is 32.0 Å². The van der Waals surface area contributed by atoms with Gasteiger partial charge in [0, 0.05) is 18.4 Å². The van der Waals surface area contributed by atoms with Gasteiger partial charge in [0.25, 0.3) is 5.91 Å². The van der Waals surface area contributed by atoms with Crippen LogP contribution in [0.15, 0.2) is 29.0 Å². The molecule has 3 aliphatic rings. The van der Waals surface area contributed by atoms with Crippen LogP contribution in [0.25, 0.3) is 5.76 Å². The Bertz CT molecular complexity index is 1450. The highest BCUT2D eigenvalue weighted by Crippen LogP contribution is 2.53. The van der Waals surface area contributed by atoms with E-state index in [0.717, 1.165) is 0 Å². The van der Waals surface area contributed by atoms with Gasteiger partial charge >= 0.3 is 10.4 Å². The van der Waals surface area contributed by atoms with Crippen LogP contribution in [-0.2, 0) is 36.0 Å². The molecule has 1 aromatic carbocycles. The first-order chi connectivity index (χ1) is 17.8. The number of nitrogens with zero attached hydrogens (tertiary/aromatic N) is 1. The summed E-state index contributed by atoms with van der Waals surface area (Å²) in [4.78, 5) is 51.5. The molecule has 4 atom stereocenters. The third-order valence-electron chi connectivity index (χ3n) is 6.90. The van der Waals surface area contributed by atoms with Gasteiger partial charge in [-0.05, 0) is 44.5 Å². The third kappa shape index (κ3) is 5.11. The summed E-state index contributed by atoms with van der Waals surface area (Å²) in [6.45, 7) is 1.24. The Morgan fingerprint density at radius 3 is 2.18 bits per heavy atom. The van der Waals surface area contributed by atoms with Crippen molar-refractivity contribution in [3.63, 3.8) is 0 Å². The van der Waals surface area contributed by atoms with Gasteiger partial charge in [0.05, 0.1) is 17.3 Å². The third-order valence-corrected chi connectivity index (χ3v) is 6.90. The number of hydrogen-bond acceptors (Lipinski definition) is 11. The molecule has 2 amide bonds. The lowest BCUT2D eigenvalue weighted by atomic mass is 9.57. The molecule has 0 radical (unpaired) electrons. The number of hydrogen-bond donors (Lipinski definition) is 8. The Labute approximate surface area is 221 Å². The molecule has 0 heterocycles. The molecule has 1 saturated carbocycles. The summed E-state index contributed by atoms with van der Waals surface area (Å²) in [6, 6.07) is 1.93. The van der Waals surface area contributed by atoms with Crippen LogP contribution in [0.1, 0.15) is 24.5 Å². The number of carbonyl (C=O) groups is 4. The fourth-order valence-electron chi connectivity index (χ4n) is 5.51. The number of aliphatic hydroxyl groups is 3. The highest BCUT2D eigenvalue weighted by atomic mass is 32.3. The zero-order valence-corrected chi connectivity index (χ0v) is 21.7. The SMILES string of the molecule is CC(=O)Nc1ccc2c(c1O)C(O)=C1C(=O)[C@]3(O)C(O)=C(C(N)=O)C(=O)[C@@H](N(C)C)C3CC1C2.O=S(=O)(O)O. The van der Waals surface area contributed by atoms with E-state index in [-0.39, 0.29) is 29.7 Å². The second-order valence-electron chi connectivity index (χ2n) is 9.59. The van der Waals surface area contributed by atoms with Crippen LogP contribution in [0.3, 0.4) is 0 Å². The second kappa shape index (κ2) is 10.0. The molecule has 0 spiro atoms. The first kappa shape index (κ1) is 29.7. The average molecular weight is 570 g/mol. The number of aromatic hydroxyl groups is 1. The Kier molecular flexibility index (Phi) is 7.66. The Hall–Kier alpha value is -3.83. The molecule has 0 aliphatic heterocycles. The monoisotopic (exact) mass is 569 g/mol. The minimum atomic E-state index is -4.67. The normalized spacial score (nSPS) is 26.3. The summed E-state index contributed by atoms with van der Waals surface area (Å²) in [6.07, 6.45) is 0.197. The summed E-state index contributed by atoms with van der Waals surface area (Å²) in [5, 5.41) is 46.5. The summed E-state index contributed by atoms with van der Waals surface area (Å²) in [5.41, 5.74) is 1.93. The Morgan fingerprint density at radius 2 is 1.69 bits per heavy atom. The minimum Gasteiger partial charge on any atom is -0.508 e. The quantitative estimate of drug-likeness (QED) is 0.127. The minimum absolute atomic E-state index is 0.0139. The molecule has 2 unspecified atom stereocenters. The summed E-state index contributed by atoms with van der Waals surface area (Å²) >= 11 is 0. The van der Waals surface area contributed by atoms with Crippen molar-refractivity contribution in [2.45, 2.75) is 31.4 Å². The van der Waals surface area contributed by atoms with Gasteiger partial charge in [0.15, 0.2) is 11.4 Å². The predicted molar refractivity (Wildman–Crippen MR) is 133 cm³/mol. The average Bonchev–Trinajstić information content (AvgIpc) is 2.76. The van der Waals surface area contributed by atoms with Gasteiger partial charge in [-0.1, -0.05) is 6.07 Å². The number of carbonyl (C=O) groups excluding carboxylic acids is 4. The molecule has 1 fully saturated rings. The van der Waals surface area contributed by atoms with E-state index in [1.54, 1.807) is 6.07 Å². The standard InChI is InChI=1S/C23H25N3O8.H2O4S/c1-8(27)25-12-5-4-9-6-10-7-11-16(26(2)3)19(30)15(22(24)33)21(32)23(11,34)20(31)14(10)18(29)13(9)17(12)28;1-5(2,3)4/h4-5,10-11,16,28-29,32,34H,6-7H2,1-3H3,(H2,24,33)(H,25,27);(H2,1,2,3,4)/t10?,11?,16-,23-;/m0./s1. The van der Waals surface area contributed by atoms with Crippen molar-refractivity contribution < 1.29 is 57.1 Å². The van der Waals surface area contributed by atoms with Gasteiger partial charge in [0.1, 0.15) is 22.8 Å². The number of aliphatic hydroxyl groups excluding tert-OH is 2. The van der Waals surface area contributed by atoms with Gasteiger partial charge in [0.2, 0.25) is 11.7 Å². The molecule has 0 aromatic heterocycles. The fraction of sp³-hybridized carbons (Fsp3) is 0.391. The maximum atomic E-state index is 13.7. The van der Waals surface area contributed by atoms with E-state index in [9.17, 15) is 39.6 Å². The van der Waals surface area contributed by atoms with E-state index in [0.29, 0.717) is 5.56 Å². The first-order valence-corrected chi connectivity index (χ1v) is 12.7. The molecule has 1 aromatic rings. The zero-order valence-electron chi connectivity index (χ0n) is 20.9. The van der Waals surface area contributed by atoms with Crippen molar-refractivity contribution in [3.8, 4) is 5.75 Å². The summed E-state index contributed by atoms with van der Waals surface area (Å²) < 4.78 is 31.6. The molecular weight excluding hydrogens is 542 g/mol. The number of phenolic OH excluding ortho intramolecular Hbond substituents is 1. The lowest BCUT2D eigenvalue weighted by Crippen LogP contribution is -2.65. The number of ketones is 2. The molecule has 0 bridgehead atoms. The molecule has 15 nitrogen and oxygen atoms in total. The Morgan fingerprint density at radius 1 is 1.13 bits per heavy atom. The van der Waals surface area contributed by atoms with Crippen molar-refractivity contribution in [3.05, 3.63) is 40.2 Å². The van der Waals surface area contributed by atoms with Gasteiger partial charge in [-0.15, -0.1) is 0 Å². The number of benzene rings is 1. The molecule has 9 N–H and O–H groups in total. The van der Waals surface area contributed by atoms with Crippen LogP contribution in [0.5, 0.6) is 5.75 Å². The van der Waals surface area contributed by atoms with Crippen LogP contribution in [-0.4, -0.2) is 92.0 Å². The van der Waals surface area contributed by atoms with E-state index in [2.05, 4.69) is 5.32 Å². The lowest BCUT2D eigenvalue weighted by molar-refractivity contribution is -0.153. The molecule has 212 valence electrons. The summed E-state index contributed by atoms with van der Waals surface area (Å²) in [5.74, 6) is -7.62. The number of primary amides is 1. The molecular formula is C23H27N3O12S. The number of amides is 2. The first-order valence-electron chi connectivity index (χ1n) is 11.3. The van der Waals surface area contributed by atoms with Crippen LogP contribution in [0, 0.1) is 11.8 Å². The molecule has 0 saturated heterocycles. The lowest BCUT2D eigenvalue weighted by Gasteiger charge is -2.50. The number of nitrogens with one attached hydrogen (secondary N) is 1. The highest BCUT2D eigenvalue weighted by Gasteiger charge is 2.64. The smallest absolute Gasteiger partial charge is 0.394 e. The number of fused-ring (bicyclic) bond motifs is 3. The number of phenols is 1. The highest BCUT2D eigenvalue weighted by molar-refractivity contribution is 7.79. The van der Waals surface area contributed by atoms with E-state index >= 15 is 0 Å². The fourth-order valence-corrected chi connectivity index (χ4v) is 5.51. The molecule has 4 rings (SSSR count). The van der Waals surface area contributed by atoms with Gasteiger partial charge < -0.3 is 31.5 Å². The van der Waals surface area contributed by atoms with Crippen LogP contribution in [0.4, 0.5) is 5.69 Å². The van der Waals surface area contributed by atoms with E-state index in [4.69, 9.17) is 23.3 Å². The number of likely N-dealkylation sites (N-methyl/N-ethyl adjacent to an activating group) is 1. The van der Waals surface area contributed by atoms with Crippen molar-refractivity contribution in [2.75, 3.05) is 19.4 Å². The molecule has 3 aliphatic carbocycles. The van der Waals surface area contributed by atoms with Gasteiger partial charge in [-0.2, -0.15) is 8.42 Å². The van der Waals surface area contributed by atoms with Crippen molar-refractivity contribution in [2.24, 2.45) is 17.6 Å². The number of anilines is 1. The largest absolute Gasteiger partial charge is 0.508 e. The number of rotatable bonds is 3. The Balaban J connectivity index is 0.000000771. The van der Waals surface area contributed by atoms with Crippen LogP contribution in [0.2, 0.25) is 0 Å². The topological polar surface area (TPSA) is 265 Å². The predicted octanol–water partition coefficient (Wildman–Crippen LogP) is -0.730. The number of Topliss-reactive ketones (excluding diaryl/α,β-unsaturated/α-hetero) is 2. The van der Waals surface area contributed by atoms with Crippen molar-refractivity contribution >= 4 is 45.2 Å². The van der Waals surface area contributed by atoms with E-state index in [1.807, 2.05) is 0 Å². The van der Waals surface area contributed by atoms with Gasteiger partial charge in [-0.3, -0.25) is 33.2 Å². The van der Waals surface area contributed by atoms with Crippen LogP contribution >= 0.6 is 0 Å². The maximum absolute atomic E-state index is 13.7. The van der Waals surface area contributed by atoms with E-state index < -0.39 is 80.1 Å². The van der Waals surface area contributed by atoms with Crippen molar-refractivity contribution in [1.29, 1.82) is 0 Å². The number of nitrogens with two attached hydrogens (primary N) is 1. The van der Waals surface area contributed by atoms with Crippen LogP contribution < -0.4 is 11.1 Å². The van der Waals surface area contributed by atoms with Gasteiger partial charge in [-0.25, -0.2) is 0 Å². The molecule has 39 heavy (non-hydrogen) atoms. The second-order valence-corrected chi connectivity index (χ2v) is 10.5. The summed E-state index contributed by atoms with van der Waals surface area (Å²) in [7, 11) is -1.59. The maximum Gasteiger partial charge on any atom is 0.394 e. The van der Waals surface area contributed by atoms with Crippen molar-refractivity contribution in [1.82, 2.24) is 4.90 Å².